The van der Waals surface area contributed by atoms with Crippen LogP contribution in [0.2, 0.25) is 0 Å². The summed E-state index contributed by atoms with van der Waals surface area (Å²) in [6, 6.07) is 10.9. The minimum absolute atomic E-state index is 0.748. The zero-order valence-electron chi connectivity index (χ0n) is 10.9. The standard InChI is InChI=1S/C16H19NS/c1-18-16-11-14(12-7-3-2-4-8-12)13-9-5-6-10-15(13)17-16/h5-6,9-12H,2-4,7-8H2,1H3. The van der Waals surface area contributed by atoms with Crippen molar-refractivity contribution in [1.82, 2.24) is 4.98 Å². The topological polar surface area (TPSA) is 12.9 Å². The molecule has 0 radical (unpaired) electrons. The maximum atomic E-state index is 4.71. The molecule has 1 fully saturated rings. The van der Waals surface area contributed by atoms with E-state index < -0.39 is 0 Å². The molecule has 0 aliphatic heterocycles. The molecule has 0 N–H and O–H groups in total. The molecule has 1 saturated carbocycles. The quantitative estimate of drug-likeness (QED) is 0.702. The van der Waals surface area contributed by atoms with Gasteiger partial charge < -0.3 is 0 Å². The minimum Gasteiger partial charge on any atom is -0.241 e. The van der Waals surface area contributed by atoms with Crippen LogP contribution in [0, 0.1) is 0 Å². The van der Waals surface area contributed by atoms with Gasteiger partial charge in [-0.1, -0.05) is 37.5 Å². The van der Waals surface area contributed by atoms with Crippen LogP contribution in [0.25, 0.3) is 10.9 Å². The Balaban J connectivity index is 2.12. The Hall–Kier alpha value is -1.02. The van der Waals surface area contributed by atoms with Crippen molar-refractivity contribution >= 4 is 22.7 Å². The van der Waals surface area contributed by atoms with Gasteiger partial charge in [0, 0.05) is 5.39 Å². The Morgan fingerprint density at radius 1 is 1.11 bits per heavy atom. The molecule has 0 unspecified atom stereocenters. The van der Waals surface area contributed by atoms with E-state index in [9.17, 15) is 0 Å². The molecular formula is C16H19NS. The number of rotatable bonds is 2. The van der Waals surface area contributed by atoms with Crippen molar-refractivity contribution in [3.8, 4) is 0 Å². The van der Waals surface area contributed by atoms with Crippen molar-refractivity contribution in [3.63, 3.8) is 0 Å². The van der Waals surface area contributed by atoms with Crippen LogP contribution < -0.4 is 0 Å². The first kappa shape index (κ1) is 12.0. The molecule has 1 aromatic heterocycles. The van der Waals surface area contributed by atoms with Crippen molar-refractivity contribution in [1.29, 1.82) is 0 Å². The lowest BCUT2D eigenvalue weighted by atomic mass is 9.83. The molecule has 1 aliphatic carbocycles. The molecule has 0 bridgehead atoms. The van der Waals surface area contributed by atoms with E-state index in [-0.39, 0.29) is 0 Å². The van der Waals surface area contributed by atoms with E-state index in [2.05, 4.69) is 36.6 Å². The molecule has 1 heterocycles. The van der Waals surface area contributed by atoms with Crippen molar-refractivity contribution in [2.24, 2.45) is 0 Å². The van der Waals surface area contributed by atoms with E-state index in [1.807, 2.05) is 0 Å². The van der Waals surface area contributed by atoms with Crippen LogP contribution in [-0.2, 0) is 0 Å². The Bertz CT molecular complexity index is 544. The first-order valence-corrected chi connectivity index (χ1v) is 8.04. The summed E-state index contributed by atoms with van der Waals surface area (Å²) in [5, 5.41) is 2.52. The third-order valence-electron chi connectivity index (χ3n) is 3.98. The zero-order valence-corrected chi connectivity index (χ0v) is 11.7. The summed E-state index contributed by atoms with van der Waals surface area (Å²) in [6.45, 7) is 0. The normalized spacial score (nSPS) is 17.2. The van der Waals surface area contributed by atoms with Crippen LogP contribution in [0.15, 0.2) is 35.4 Å². The van der Waals surface area contributed by atoms with Crippen LogP contribution in [-0.4, -0.2) is 11.2 Å². The molecule has 18 heavy (non-hydrogen) atoms. The Morgan fingerprint density at radius 2 is 1.89 bits per heavy atom. The van der Waals surface area contributed by atoms with E-state index in [1.165, 1.54) is 43.1 Å². The van der Waals surface area contributed by atoms with Gasteiger partial charge in [-0.3, -0.25) is 0 Å². The predicted octanol–water partition coefficient (Wildman–Crippen LogP) is 5.00. The number of nitrogens with zero attached hydrogens (tertiary/aromatic N) is 1. The number of fused-ring (bicyclic) bond motifs is 1. The van der Waals surface area contributed by atoms with Crippen molar-refractivity contribution < 1.29 is 0 Å². The first-order chi connectivity index (χ1) is 8.88. The van der Waals surface area contributed by atoms with Gasteiger partial charge in [0.25, 0.3) is 0 Å². The molecule has 3 rings (SSSR count). The summed E-state index contributed by atoms with van der Waals surface area (Å²) in [5.74, 6) is 0.748. The van der Waals surface area contributed by atoms with E-state index in [1.54, 1.807) is 11.8 Å². The molecule has 2 heteroatoms. The van der Waals surface area contributed by atoms with E-state index in [0.717, 1.165) is 16.5 Å². The van der Waals surface area contributed by atoms with Gasteiger partial charge in [-0.25, -0.2) is 4.98 Å². The average Bonchev–Trinajstić information content (AvgIpc) is 2.47. The summed E-state index contributed by atoms with van der Waals surface area (Å²) in [4.78, 5) is 4.71. The largest absolute Gasteiger partial charge is 0.241 e. The van der Waals surface area contributed by atoms with Crippen LogP contribution in [0.4, 0.5) is 0 Å². The van der Waals surface area contributed by atoms with E-state index in [0.29, 0.717) is 0 Å². The molecular weight excluding hydrogens is 238 g/mol. The minimum atomic E-state index is 0.748. The van der Waals surface area contributed by atoms with Crippen molar-refractivity contribution in [3.05, 3.63) is 35.9 Å². The van der Waals surface area contributed by atoms with Gasteiger partial charge >= 0.3 is 0 Å². The summed E-state index contributed by atoms with van der Waals surface area (Å²) >= 11 is 1.75. The van der Waals surface area contributed by atoms with Crippen LogP contribution in [0.5, 0.6) is 0 Å². The SMILES string of the molecule is CSc1cc(C2CCCCC2)c2ccccc2n1. The van der Waals surface area contributed by atoms with Crippen molar-refractivity contribution in [2.45, 2.75) is 43.0 Å². The number of hydrogen-bond acceptors (Lipinski definition) is 2. The second-order valence-corrected chi connectivity index (χ2v) is 5.93. The third-order valence-corrected chi connectivity index (χ3v) is 4.61. The first-order valence-electron chi connectivity index (χ1n) is 6.82. The Morgan fingerprint density at radius 3 is 2.67 bits per heavy atom. The van der Waals surface area contributed by atoms with Gasteiger partial charge in [0.05, 0.1) is 10.5 Å². The Kier molecular flexibility index (Phi) is 3.55. The second kappa shape index (κ2) is 5.31. The van der Waals surface area contributed by atoms with Crippen LogP contribution in [0.1, 0.15) is 43.6 Å². The zero-order chi connectivity index (χ0) is 12.4. The summed E-state index contributed by atoms with van der Waals surface area (Å²) in [5.41, 5.74) is 2.69. The van der Waals surface area contributed by atoms with Crippen LogP contribution in [0.3, 0.4) is 0 Å². The van der Waals surface area contributed by atoms with Gasteiger partial charge in [0.1, 0.15) is 0 Å². The summed E-state index contributed by atoms with van der Waals surface area (Å²) in [7, 11) is 0. The monoisotopic (exact) mass is 257 g/mol. The number of benzene rings is 1. The van der Waals surface area contributed by atoms with Gasteiger partial charge in [-0.2, -0.15) is 0 Å². The third kappa shape index (κ3) is 2.26. The highest BCUT2D eigenvalue weighted by molar-refractivity contribution is 7.98. The van der Waals surface area contributed by atoms with E-state index in [4.69, 9.17) is 4.98 Å². The molecule has 0 atom stereocenters. The molecule has 1 aliphatic rings. The maximum Gasteiger partial charge on any atom is 0.0967 e. The molecule has 0 amide bonds. The maximum absolute atomic E-state index is 4.71. The number of para-hydroxylation sites is 1. The molecule has 94 valence electrons. The fourth-order valence-corrected chi connectivity index (χ4v) is 3.47. The summed E-state index contributed by atoms with van der Waals surface area (Å²) in [6.07, 6.45) is 8.99. The molecule has 0 spiro atoms. The van der Waals surface area contributed by atoms with Crippen molar-refractivity contribution in [2.75, 3.05) is 6.26 Å². The molecule has 2 aromatic rings. The lowest BCUT2D eigenvalue weighted by Gasteiger charge is -2.23. The molecule has 1 nitrogen and oxygen atoms in total. The van der Waals surface area contributed by atoms with Gasteiger partial charge in [0.2, 0.25) is 0 Å². The highest BCUT2D eigenvalue weighted by Gasteiger charge is 2.18. The van der Waals surface area contributed by atoms with E-state index >= 15 is 0 Å². The highest BCUT2D eigenvalue weighted by Crippen LogP contribution is 2.37. The predicted molar refractivity (Wildman–Crippen MR) is 79.4 cm³/mol. The number of pyridine rings is 1. The summed E-state index contributed by atoms with van der Waals surface area (Å²) < 4.78 is 0. The van der Waals surface area contributed by atoms with Gasteiger partial charge in [-0.05, 0) is 42.7 Å². The fourth-order valence-electron chi connectivity index (χ4n) is 3.03. The lowest BCUT2D eigenvalue weighted by Crippen LogP contribution is -2.06. The van der Waals surface area contributed by atoms with Gasteiger partial charge in [0.15, 0.2) is 0 Å². The molecule has 1 aromatic carbocycles. The van der Waals surface area contributed by atoms with Crippen LogP contribution >= 0.6 is 11.8 Å². The number of thioether (sulfide) groups is 1. The fraction of sp³-hybridized carbons (Fsp3) is 0.438. The smallest absolute Gasteiger partial charge is 0.0967 e. The number of hydrogen-bond donors (Lipinski definition) is 0. The number of aromatic nitrogens is 1. The Labute approximate surface area is 113 Å². The second-order valence-electron chi connectivity index (χ2n) is 5.11. The highest BCUT2D eigenvalue weighted by atomic mass is 32.2. The molecule has 0 saturated heterocycles. The lowest BCUT2D eigenvalue weighted by molar-refractivity contribution is 0.445. The van der Waals surface area contributed by atoms with Gasteiger partial charge in [-0.15, -0.1) is 11.8 Å². The average molecular weight is 257 g/mol.